The highest BCUT2D eigenvalue weighted by atomic mass is 16.5. The van der Waals surface area contributed by atoms with E-state index in [-0.39, 0.29) is 11.7 Å². The number of para-hydroxylation sites is 1. The minimum atomic E-state index is -0.452. The molecule has 27 heavy (non-hydrogen) atoms. The Morgan fingerprint density at radius 1 is 1.04 bits per heavy atom. The van der Waals surface area contributed by atoms with Crippen LogP contribution in [0.15, 0.2) is 66.7 Å². The largest absolute Gasteiger partial charge is 0.504 e. The number of fused-ring (bicyclic) bond motifs is 1. The summed E-state index contributed by atoms with van der Waals surface area (Å²) < 4.78 is 5.14. The van der Waals surface area contributed by atoms with Gasteiger partial charge in [-0.1, -0.05) is 35.9 Å². The number of ether oxygens (including phenoxy) is 1. The Morgan fingerprint density at radius 3 is 2.48 bits per heavy atom. The van der Waals surface area contributed by atoms with Gasteiger partial charge in [-0.25, -0.2) is 0 Å². The van der Waals surface area contributed by atoms with Gasteiger partial charge in [-0.05, 0) is 48.9 Å². The zero-order chi connectivity index (χ0) is 19.0. The minimum Gasteiger partial charge on any atom is -0.504 e. The molecule has 4 rings (SSSR count). The molecular weight excluding hydrogens is 340 g/mol. The first-order valence-electron chi connectivity index (χ1n) is 8.71. The topological polar surface area (TPSA) is 61.8 Å². The minimum absolute atomic E-state index is 0.0342. The number of nitrogens with one attached hydrogen (secondary N) is 1. The van der Waals surface area contributed by atoms with Crippen LogP contribution in [-0.2, 0) is 0 Å². The van der Waals surface area contributed by atoms with Crippen molar-refractivity contribution in [2.24, 2.45) is 0 Å². The summed E-state index contributed by atoms with van der Waals surface area (Å²) in [4.78, 5) is 15.0. The van der Waals surface area contributed by atoms with Crippen molar-refractivity contribution in [1.82, 2.24) is 0 Å². The number of phenolic OH excluding ortho intramolecular Hbond substituents is 1. The standard InChI is InChI=1S/C22H20N2O3/c1-14-7-10-16(11-8-14)24-21(15-9-12-20(27-2)19(25)13-15)23-18-6-4-3-5-17(18)22(24)26/h3-13,21,23,25H,1-2H3/t21-/m1/s1. The molecule has 1 aliphatic heterocycles. The number of hydrogen-bond acceptors (Lipinski definition) is 4. The van der Waals surface area contributed by atoms with E-state index in [0.29, 0.717) is 11.3 Å². The molecule has 1 atom stereocenters. The molecule has 3 aromatic rings. The second-order valence-electron chi connectivity index (χ2n) is 6.53. The lowest BCUT2D eigenvalue weighted by Crippen LogP contribution is -2.43. The van der Waals surface area contributed by atoms with E-state index in [4.69, 9.17) is 4.74 Å². The van der Waals surface area contributed by atoms with Gasteiger partial charge in [0.1, 0.15) is 6.17 Å². The third kappa shape index (κ3) is 2.97. The molecule has 136 valence electrons. The number of nitrogens with zero attached hydrogens (tertiary/aromatic N) is 1. The predicted octanol–water partition coefficient (Wildman–Crippen LogP) is 4.48. The van der Waals surface area contributed by atoms with Crippen molar-refractivity contribution in [2.45, 2.75) is 13.1 Å². The summed E-state index contributed by atoms with van der Waals surface area (Å²) in [5, 5.41) is 13.6. The van der Waals surface area contributed by atoms with Crippen LogP contribution in [0.1, 0.15) is 27.7 Å². The maximum absolute atomic E-state index is 13.3. The normalized spacial score (nSPS) is 15.9. The summed E-state index contributed by atoms with van der Waals surface area (Å²) in [7, 11) is 1.51. The van der Waals surface area contributed by atoms with Crippen LogP contribution in [0.5, 0.6) is 11.5 Å². The Balaban J connectivity index is 1.85. The van der Waals surface area contributed by atoms with Gasteiger partial charge in [0.2, 0.25) is 0 Å². The summed E-state index contributed by atoms with van der Waals surface area (Å²) >= 11 is 0. The van der Waals surface area contributed by atoms with Crippen molar-refractivity contribution in [3.8, 4) is 11.5 Å². The summed E-state index contributed by atoms with van der Waals surface area (Å²) in [6.45, 7) is 2.01. The molecule has 0 saturated heterocycles. The Kier molecular flexibility index (Phi) is 4.20. The number of carbonyl (C=O) groups excluding carboxylic acids is 1. The fourth-order valence-electron chi connectivity index (χ4n) is 3.34. The number of rotatable bonds is 3. The molecule has 0 bridgehead atoms. The molecule has 0 aliphatic carbocycles. The molecule has 5 nitrogen and oxygen atoms in total. The monoisotopic (exact) mass is 360 g/mol. The molecule has 0 spiro atoms. The zero-order valence-electron chi connectivity index (χ0n) is 15.1. The first-order valence-corrected chi connectivity index (χ1v) is 8.71. The number of amides is 1. The predicted molar refractivity (Wildman–Crippen MR) is 105 cm³/mol. The number of methoxy groups -OCH3 is 1. The van der Waals surface area contributed by atoms with E-state index >= 15 is 0 Å². The first kappa shape index (κ1) is 17.0. The lowest BCUT2D eigenvalue weighted by atomic mass is 10.0. The Bertz CT molecular complexity index is 999. The van der Waals surface area contributed by atoms with Crippen molar-refractivity contribution in [1.29, 1.82) is 0 Å². The Hall–Kier alpha value is -3.47. The number of aromatic hydroxyl groups is 1. The van der Waals surface area contributed by atoms with Gasteiger partial charge in [0.05, 0.1) is 12.7 Å². The Labute approximate surface area is 157 Å². The van der Waals surface area contributed by atoms with Crippen LogP contribution < -0.4 is 15.0 Å². The maximum atomic E-state index is 13.3. The lowest BCUT2D eigenvalue weighted by molar-refractivity contribution is 0.0975. The number of aryl methyl sites for hydroxylation is 1. The SMILES string of the molecule is COc1ccc([C@@H]2Nc3ccccc3C(=O)N2c2ccc(C)cc2)cc1O. The maximum Gasteiger partial charge on any atom is 0.262 e. The molecule has 0 saturated carbocycles. The van der Waals surface area contributed by atoms with Crippen molar-refractivity contribution in [2.75, 3.05) is 17.3 Å². The average Bonchev–Trinajstić information content (AvgIpc) is 2.69. The summed E-state index contributed by atoms with van der Waals surface area (Å²) in [6, 6.07) is 20.4. The van der Waals surface area contributed by atoms with Crippen LogP contribution in [0.4, 0.5) is 11.4 Å². The molecular formula is C22H20N2O3. The number of hydrogen-bond donors (Lipinski definition) is 2. The molecule has 2 N–H and O–H groups in total. The molecule has 0 fully saturated rings. The van der Waals surface area contributed by atoms with Crippen molar-refractivity contribution < 1.29 is 14.6 Å². The first-order chi connectivity index (χ1) is 13.1. The van der Waals surface area contributed by atoms with Gasteiger partial charge in [-0.2, -0.15) is 0 Å². The van der Waals surface area contributed by atoms with E-state index in [9.17, 15) is 9.90 Å². The molecule has 0 aromatic heterocycles. The van der Waals surface area contributed by atoms with Crippen LogP contribution in [0.25, 0.3) is 0 Å². The van der Waals surface area contributed by atoms with E-state index in [1.165, 1.54) is 7.11 Å². The summed E-state index contributed by atoms with van der Waals surface area (Å²) in [5.74, 6) is 0.337. The van der Waals surface area contributed by atoms with Crippen LogP contribution in [0.2, 0.25) is 0 Å². The fraction of sp³-hybridized carbons (Fsp3) is 0.136. The van der Waals surface area contributed by atoms with Crippen molar-refractivity contribution in [3.05, 3.63) is 83.4 Å². The van der Waals surface area contributed by atoms with Crippen molar-refractivity contribution in [3.63, 3.8) is 0 Å². The van der Waals surface area contributed by atoms with E-state index in [2.05, 4.69) is 5.32 Å². The van der Waals surface area contributed by atoms with Crippen LogP contribution >= 0.6 is 0 Å². The molecule has 3 aromatic carbocycles. The highest BCUT2D eigenvalue weighted by Crippen LogP contribution is 2.38. The fourth-order valence-corrected chi connectivity index (χ4v) is 3.34. The summed E-state index contributed by atoms with van der Waals surface area (Å²) in [6.07, 6.45) is -0.452. The molecule has 1 heterocycles. The highest BCUT2D eigenvalue weighted by Gasteiger charge is 2.34. The Morgan fingerprint density at radius 2 is 1.78 bits per heavy atom. The summed E-state index contributed by atoms with van der Waals surface area (Å²) in [5.41, 5.74) is 4.05. The zero-order valence-corrected chi connectivity index (χ0v) is 15.1. The van der Waals surface area contributed by atoms with Gasteiger partial charge in [-0.15, -0.1) is 0 Å². The molecule has 1 aliphatic rings. The van der Waals surface area contributed by atoms with Gasteiger partial charge in [0.15, 0.2) is 11.5 Å². The molecule has 1 amide bonds. The highest BCUT2D eigenvalue weighted by molar-refractivity contribution is 6.12. The smallest absolute Gasteiger partial charge is 0.262 e. The lowest BCUT2D eigenvalue weighted by Gasteiger charge is -2.38. The van der Waals surface area contributed by atoms with Crippen LogP contribution in [-0.4, -0.2) is 18.1 Å². The quantitative estimate of drug-likeness (QED) is 0.723. The molecule has 5 heteroatoms. The van der Waals surface area contributed by atoms with Crippen LogP contribution in [0.3, 0.4) is 0 Å². The second kappa shape index (κ2) is 6.68. The number of carbonyl (C=O) groups is 1. The van der Waals surface area contributed by atoms with E-state index < -0.39 is 6.17 Å². The van der Waals surface area contributed by atoms with Gasteiger partial charge >= 0.3 is 0 Å². The van der Waals surface area contributed by atoms with E-state index in [1.54, 1.807) is 17.0 Å². The average molecular weight is 360 g/mol. The second-order valence-corrected chi connectivity index (χ2v) is 6.53. The van der Waals surface area contributed by atoms with Gasteiger partial charge in [0, 0.05) is 11.4 Å². The van der Waals surface area contributed by atoms with Gasteiger partial charge in [-0.3, -0.25) is 9.69 Å². The molecule has 0 unspecified atom stereocenters. The van der Waals surface area contributed by atoms with Crippen LogP contribution in [0, 0.1) is 6.92 Å². The number of phenols is 1. The molecule has 0 radical (unpaired) electrons. The van der Waals surface area contributed by atoms with Gasteiger partial charge < -0.3 is 15.2 Å². The number of anilines is 2. The van der Waals surface area contributed by atoms with E-state index in [0.717, 1.165) is 22.5 Å². The van der Waals surface area contributed by atoms with E-state index in [1.807, 2.05) is 61.5 Å². The third-order valence-corrected chi connectivity index (χ3v) is 4.76. The third-order valence-electron chi connectivity index (χ3n) is 4.76. The van der Waals surface area contributed by atoms with Gasteiger partial charge in [0.25, 0.3) is 5.91 Å². The van der Waals surface area contributed by atoms with Crippen molar-refractivity contribution >= 4 is 17.3 Å². The number of benzene rings is 3.